The van der Waals surface area contributed by atoms with Gasteiger partial charge in [0, 0.05) is 11.6 Å². The Morgan fingerprint density at radius 1 is 1.35 bits per heavy atom. The molecule has 0 unspecified atom stereocenters. The van der Waals surface area contributed by atoms with Crippen molar-refractivity contribution in [3.8, 4) is 5.75 Å². The highest BCUT2D eigenvalue weighted by molar-refractivity contribution is 6.31. The lowest BCUT2D eigenvalue weighted by Gasteiger charge is -2.21. The Kier molecular flexibility index (Phi) is 5.60. The van der Waals surface area contributed by atoms with Gasteiger partial charge in [-0.05, 0) is 18.2 Å². The molecule has 0 aliphatic carbocycles. The van der Waals surface area contributed by atoms with Crippen molar-refractivity contribution in [3.63, 3.8) is 0 Å². The van der Waals surface area contributed by atoms with Gasteiger partial charge in [0.05, 0.1) is 18.1 Å². The average Bonchev–Trinajstić information content (AvgIpc) is 2.50. The molecule has 1 heterocycles. The van der Waals surface area contributed by atoms with Crippen LogP contribution in [0.2, 0.25) is 5.02 Å². The Morgan fingerprint density at radius 2 is 2.13 bits per heavy atom. The highest BCUT2D eigenvalue weighted by Gasteiger charge is 2.17. The van der Waals surface area contributed by atoms with Crippen LogP contribution >= 0.6 is 11.6 Å². The second-order valence-corrected chi connectivity index (χ2v) is 4.68. The third-order valence-electron chi connectivity index (χ3n) is 2.55. The maximum atomic E-state index is 12.0. The molecule has 11 heteroatoms. The number of nitrogens with two attached hydrogens (primary N) is 1. The first-order valence-corrected chi connectivity index (χ1v) is 6.81. The van der Waals surface area contributed by atoms with Crippen molar-refractivity contribution >= 4 is 29.3 Å². The fourth-order valence-corrected chi connectivity index (χ4v) is 1.77. The Bertz CT molecular complexity index is 638. The second-order valence-electron chi connectivity index (χ2n) is 4.24. The van der Waals surface area contributed by atoms with Crippen LogP contribution in [0.25, 0.3) is 0 Å². The van der Waals surface area contributed by atoms with Gasteiger partial charge in [0.1, 0.15) is 12.4 Å². The molecule has 1 aromatic rings. The van der Waals surface area contributed by atoms with Gasteiger partial charge in [-0.25, -0.2) is 4.79 Å². The monoisotopic (exact) mass is 342 g/mol. The molecule has 0 atom stereocenters. The van der Waals surface area contributed by atoms with Crippen LogP contribution in [0.3, 0.4) is 0 Å². The van der Waals surface area contributed by atoms with Crippen LogP contribution in [-0.2, 0) is 0 Å². The summed E-state index contributed by atoms with van der Waals surface area (Å²) in [5, 5.41) is 28.2. The van der Waals surface area contributed by atoms with E-state index in [0.29, 0.717) is 33.2 Å². The summed E-state index contributed by atoms with van der Waals surface area (Å²) in [5.74, 6) is 0.0732. The molecule has 23 heavy (non-hydrogen) atoms. The summed E-state index contributed by atoms with van der Waals surface area (Å²) in [6.45, 7) is 0.572. The SMILES string of the molecule is NCCOc1ccc(Cl)cc1NC(=O)NC1=NN(O)C=CN1O. The molecule has 0 fully saturated rings. The van der Waals surface area contributed by atoms with E-state index in [1.807, 2.05) is 0 Å². The topological polar surface area (TPSA) is 136 Å². The fourth-order valence-electron chi connectivity index (χ4n) is 1.60. The second kappa shape index (κ2) is 7.65. The van der Waals surface area contributed by atoms with E-state index in [1.165, 1.54) is 6.07 Å². The molecular formula is C12H15ClN6O4. The maximum absolute atomic E-state index is 12.0. The van der Waals surface area contributed by atoms with Crippen LogP contribution in [0, 0.1) is 0 Å². The molecule has 0 radical (unpaired) electrons. The number of hydrazone groups is 1. The summed E-state index contributed by atoms with van der Waals surface area (Å²) in [7, 11) is 0. The third-order valence-corrected chi connectivity index (χ3v) is 2.78. The molecule has 6 N–H and O–H groups in total. The van der Waals surface area contributed by atoms with E-state index in [4.69, 9.17) is 22.1 Å². The number of carbonyl (C=O) groups is 1. The van der Waals surface area contributed by atoms with Gasteiger partial charge in [-0.3, -0.25) is 15.7 Å². The number of anilines is 1. The van der Waals surface area contributed by atoms with Crippen LogP contribution in [-0.4, -0.2) is 45.8 Å². The normalized spacial score (nSPS) is 13.7. The van der Waals surface area contributed by atoms with E-state index in [1.54, 1.807) is 12.1 Å². The summed E-state index contributed by atoms with van der Waals surface area (Å²) in [5.41, 5.74) is 5.68. The van der Waals surface area contributed by atoms with Crippen molar-refractivity contribution in [1.29, 1.82) is 0 Å². The Labute approximate surface area is 136 Å². The molecule has 124 valence electrons. The summed E-state index contributed by atoms with van der Waals surface area (Å²) in [6.07, 6.45) is 2.15. The minimum atomic E-state index is -0.730. The molecule has 10 nitrogen and oxygen atoms in total. The first-order chi connectivity index (χ1) is 11.0. The third kappa shape index (κ3) is 4.72. The summed E-state index contributed by atoms with van der Waals surface area (Å²) >= 11 is 5.90. The first kappa shape index (κ1) is 16.8. The number of rotatable bonds is 4. The molecule has 1 aromatic carbocycles. The fraction of sp³-hybridized carbons (Fsp3) is 0.167. The van der Waals surface area contributed by atoms with Gasteiger partial charge in [0.2, 0.25) is 0 Å². The lowest BCUT2D eigenvalue weighted by molar-refractivity contribution is -0.0610. The molecule has 0 spiro atoms. The quantitative estimate of drug-likeness (QED) is 0.549. The van der Waals surface area contributed by atoms with Crippen molar-refractivity contribution in [3.05, 3.63) is 35.6 Å². The number of hydrogen-bond acceptors (Lipinski definition) is 8. The Morgan fingerprint density at radius 3 is 2.87 bits per heavy atom. The number of urea groups is 1. The van der Waals surface area contributed by atoms with Gasteiger partial charge in [-0.2, -0.15) is 5.06 Å². The van der Waals surface area contributed by atoms with E-state index in [-0.39, 0.29) is 12.6 Å². The van der Waals surface area contributed by atoms with E-state index < -0.39 is 6.03 Å². The summed E-state index contributed by atoms with van der Waals surface area (Å²) in [4.78, 5) is 12.0. The zero-order chi connectivity index (χ0) is 16.8. The minimum absolute atomic E-state index is 0.263. The number of nitrogens with zero attached hydrogens (tertiary/aromatic N) is 3. The smallest absolute Gasteiger partial charge is 0.326 e. The van der Waals surface area contributed by atoms with E-state index in [0.717, 1.165) is 12.4 Å². The van der Waals surface area contributed by atoms with Crippen LogP contribution in [0.5, 0.6) is 5.75 Å². The van der Waals surface area contributed by atoms with Crippen molar-refractivity contribution in [2.24, 2.45) is 10.8 Å². The highest BCUT2D eigenvalue weighted by Crippen LogP contribution is 2.27. The number of guanidine groups is 1. The molecule has 0 bridgehead atoms. The van der Waals surface area contributed by atoms with E-state index in [2.05, 4.69) is 15.7 Å². The number of hydrogen-bond donors (Lipinski definition) is 5. The van der Waals surface area contributed by atoms with Gasteiger partial charge in [0.15, 0.2) is 0 Å². The number of benzene rings is 1. The molecule has 0 saturated heterocycles. The van der Waals surface area contributed by atoms with Crippen LogP contribution in [0.1, 0.15) is 0 Å². The van der Waals surface area contributed by atoms with Gasteiger partial charge < -0.3 is 15.8 Å². The molecule has 2 rings (SSSR count). The molecule has 2 amide bonds. The predicted molar refractivity (Wildman–Crippen MR) is 82.0 cm³/mol. The lowest BCUT2D eigenvalue weighted by Crippen LogP contribution is -2.44. The van der Waals surface area contributed by atoms with Crippen molar-refractivity contribution in [1.82, 2.24) is 15.6 Å². The predicted octanol–water partition coefficient (Wildman–Crippen LogP) is 0.937. The van der Waals surface area contributed by atoms with Gasteiger partial charge in [-0.1, -0.05) is 11.6 Å². The zero-order valence-electron chi connectivity index (χ0n) is 11.8. The average molecular weight is 343 g/mol. The zero-order valence-corrected chi connectivity index (χ0v) is 12.6. The number of nitrogens with one attached hydrogen (secondary N) is 2. The van der Waals surface area contributed by atoms with Gasteiger partial charge in [-0.15, -0.1) is 10.3 Å². The van der Waals surface area contributed by atoms with Crippen molar-refractivity contribution in [2.45, 2.75) is 0 Å². The lowest BCUT2D eigenvalue weighted by atomic mass is 10.3. The molecular weight excluding hydrogens is 328 g/mol. The van der Waals surface area contributed by atoms with Gasteiger partial charge >= 0.3 is 6.03 Å². The minimum Gasteiger partial charge on any atom is -0.490 e. The van der Waals surface area contributed by atoms with Gasteiger partial charge in [0.25, 0.3) is 5.96 Å². The number of halogens is 1. The largest absolute Gasteiger partial charge is 0.490 e. The molecule has 1 aliphatic rings. The summed E-state index contributed by atoms with van der Waals surface area (Å²) in [6, 6.07) is 3.95. The van der Waals surface area contributed by atoms with Crippen LogP contribution in [0.4, 0.5) is 10.5 Å². The maximum Gasteiger partial charge on any atom is 0.326 e. The van der Waals surface area contributed by atoms with E-state index >= 15 is 0 Å². The van der Waals surface area contributed by atoms with E-state index in [9.17, 15) is 15.2 Å². The number of ether oxygens (including phenoxy) is 1. The highest BCUT2D eigenvalue weighted by atomic mass is 35.5. The first-order valence-electron chi connectivity index (χ1n) is 6.43. The molecule has 0 saturated carbocycles. The number of amides is 2. The Hall–Kier alpha value is -2.53. The Balaban J connectivity index is 2.06. The van der Waals surface area contributed by atoms with Crippen molar-refractivity contribution in [2.75, 3.05) is 18.5 Å². The number of hydroxylamine groups is 3. The molecule has 0 aromatic heterocycles. The molecule has 1 aliphatic heterocycles. The van der Waals surface area contributed by atoms with Crippen molar-refractivity contribution < 1.29 is 19.9 Å². The summed E-state index contributed by atoms with van der Waals surface area (Å²) < 4.78 is 5.39. The standard InChI is InChI=1S/C12H15ClN6O4/c13-8-1-2-10(23-6-3-14)9(7-8)15-12(20)16-11-17-19(22)5-4-18(11)21/h1-2,4-5,7,21-22H,3,6,14H2,(H2,15,16,17,20). The number of carbonyl (C=O) groups excluding carboxylic acids is 1. The van der Waals surface area contributed by atoms with Crippen LogP contribution < -0.4 is 21.1 Å². The van der Waals surface area contributed by atoms with Crippen LogP contribution in [0.15, 0.2) is 35.7 Å².